The Morgan fingerprint density at radius 2 is 2.25 bits per heavy atom. The van der Waals surface area contributed by atoms with Crippen LogP contribution in [0.25, 0.3) is 5.69 Å². The molecule has 0 unspecified atom stereocenters. The van der Waals surface area contributed by atoms with Crippen molar-refractivity contribution in [2.45, 2.75) is 19.9 Å². The summed E-state index contributed by atoms with van der Waals surface area (Å²) in [4.78, 5) is 4.32. The highest BCUT2D eigenvalue weighted by molar-refractivity contribution is 6.32. The SMILES string of the molecule is CCc1nccn1-c1ccc(CNCCOC)cc1Cl. The number of aromatic nitrogens is 2. The van der Waals surface area contributed by atoms with Crippen molar-refractivity contribution in [3.05, 3.63) is 47.0 Å². The number of ether oxygens (including phenoxy) is 1. The molecule has 0 fully saturated rings. The molecule has 1 aromatic heterocycles. The Morgan fingerprint density at radius 1 is 1.40 bits per heavy atom. The third kappa shape index (κ3) is 3.60. The van der Waals surface area contributed by atoms with Gasteiger partial charge in [-0.2, -0.15) is 0 Å². The topological polar surface area (TPSA) is 39.1 Å². The number of imidazole rings is 1. The molecule has 1 aromatic carbocycles. The van der Waals surface area contributed by atoms with Gasteiger partial charge in [0.1, 0.15) is 5.82 Å². The fourth-order valence-corrected chi connectivity index (χ4v) is 2.37. The van der Waals surface area contributed by atoms with Crippen LogP contribution in [0.4, 0.5) is 0 Å². The Labute approximate surface area is 124 Å². The Bertz CT molecular complexity index is 554. The Hall–Kier alpha value is -1.36. The monoisotopic (exact) mass is 293 g/mol. The predicted octanol–water partition coefficient (Wildman–Crippen LogP) is 2.82. The van der Waals surface area contributed by atoms with Crippen molar-refractivity contribution in [3.63, 3.8) is 0 Å². The molecule has 0 radical (unpaired) electrons. The summed E-state index contributed by atoms with van der Waals surface area (Å²) in [6.45, 7) is 4.41. The Balaban J connectivity index is 2.10. The second-order valence-electron chi connectivity index (χ2n) is 4.52. The van der Waals surface area contributed by atoms with Crippen LogP contribution in [-0.2, 0) is 17.7 Å². The Morgan fingerprint density at radius 3 is 2.95 bits per heavy atom. The molecular weight excluding hydrogens is 274 g/mol. The van der Waals surface area contributed by atoms with Gasteiger partial charge in [-0.25, -0.2) is 4.98 Å². The quantitative estimate of drug-likeness (QED) is 0.798. The van der Waals surface area contributed by atoms with E-state index >= 15 is 0 Å². The lowest BCUT2D eigenvalue weighted by atomic mass is 10.2. The van der Waals surface area contributed by atoms with Crippen LogP contribution in [0.5, 0.6) is 0 Å². The van der Waals surface area contributed by atoms with Crippen molar-refractivity contribution >= 4 is 11.6 Å². The van der Waals surface area contributed by atoms with Gasteiger partial charge in [0.25, 0.3) is 0 Å². The van der Waals surface area contributed by atoms with Crippen molar-refractivity contribution in [2.75, 3.05) is 20.3 Å². The summed E-state index contributed by atoms with van der Waals surface area (Å²) in [5, 5.41) is 4.04. The smallest absolute Gasteiger partial charge is 0.112 e. The van der Waals surface area contributed by atoms with Gasteiger partial charge in [0.2, 0.25) is 0 Å². The molecule has 0 saturated heterocycles. The van der Waals surface area contributed by atoms with E-state index in [0.717, 1.165) is 41.6 Å². The Kier molecular flexibility index (Phi) is 5.59. The molecule has 0 amide bonds. The summed E-state index contributed by atoms with van der Waals surface area (Å²) < 4.78 is 7.03. The summed E-state index contributed by atoms with van der Waals surface area (Å²) >= 11 is 6.39. The second-order valence-corrected chi connectivity index (χ2v) is 4.93. The second kappa shape index (κ2) is 7.43. The molecule has 4 nitrogen and oxygen atoms in total. The van der Waals surface area contributed by atoms with Crippen LogP contribution in [0.3, 0.4) is 0 Å². The van der Waals surface area contributed by atoms with Gasteiger partial charge in [0, 0.05) is 39.0 Å². The maximum Gasteiger partial charge on any atom is 0.112 e. The van der Waals surface area contributed by atoms with Gasteiger partial charge in [-0.15, -0.1) is 0 Å². The summed E-state index contributed by atoms with van der Waals surface area (Å²) in [6, 6.07) is 6.12. The molecule has 20 heavy (non-hydrogen) atoms. The molecule has 0 aliphatic rings. The van der Waals surface area contributed by atoms with Gasteiger partial charge in [0.15, 0.2) is 0 Å². The predicted molar refractivity (Wildman–Crippen MR) is 81.5 cm³/mol. The molecule has 2 rings (SSSR count). The van der Waals surface area contributed by atoms with E-state index in [1.165, 1.54) is 0 Å². The van der Waals surface area contributed by atoms with Crippen molar-refractivity contribution < 1.29 is 4.74 Å². The normalized spacial score (nSPS) is 10.9. The van der Waals surface area contributed by atoms with E-state index in [1.54, 1.807) is 13.3 Å². The lowest BCUT2D eigenvalue weighted by Crippen LogP contribution is -2.18. The van der Waals surface area contributed by atoms with Crippen LogP contribution in [0, 0.1) is 0 Å². The third-order valence-corrected chi connectivity index (χ3v) is 3.42. The number of benzene rings is 1. The largest absolute Gasteiger partial charge is 0.383 e. The first-order valence-electron chi connectivity index (χ1n) is 6.77. The summed E-state index contributed by atoms with van der Waals surface area (Å²) in [5.74, 6) is 1.01. The lowest BCUT2D eigenvalue weighted by molar-refractivity contribution is 0.199. The zero-order chi connectivity index (χ0) is 14.4. The van der Waals surface area contributed by atoms with Crippen molar-refractivity contribution in [3.8, 4) is 5.69 Å². The number of nitrogens with one attached hydrogen (secondary N) is 1. The lowest BCUT2D eigenvalue weighted by Gasteiger charge is -2.11. The molecule has 0 spiro atoms. The molecule has 0 aliphatic carbocycles. The minimum atomic E-state index is 0.709. The van der Waals surface area contributed by atoms with Gasteiger partial charge < -0.3 is 14.6 Å². The van der Waals surface area contributed by atoms with Crippen molar-refractivity contribution in [2.24, 2.45) is 0 Å². The average molecular weight is 294 g/mol. The minimum Gasteiger partial charge on any atom is -0.383 e. The van der Waals surface area contributed by atoms with Gasteiger partial charge in [0.05, 0.1) is 17.3 Å². The molecule has 0 aliphatic heterocycles. The molecule has 0 atom stereocenters. The summed E-state index contributed by atoms with van der Waals surface area (Å²) in [7, 11) is 1.70. The molecule has 1 N–H and O–H groups in total. The van der Waals surface area contributed by atoms with E-state index in [0.29, 0.717) is 6.61 Å². The zero-order valence-electron chi connectivity index (χ0n) is 11.9. The van der Waals surface area contributed by atoms with Gasteiger partial charge in [-0.1, -0.05) is 24.6 Å². The molecule has 2 aromatic rings. The number of nitrogens with zero attached hydrogens (tertiary/aromatic N) is 2. The fourth-order valence-electron chi connectivity index (χ4n) is 2.08. The first-order valence-corrected chi connectivity index (χ1v) is 7.14. The summed E-state index contributed by atoms with van der Waals surface area (Å²) in [6.07, 6.45) is 4.62. The van der Waals surface area contributed by atoms with E-state index in [4.69, 9.17) is 16.3 Å². The van der Waals surface area contributed by atoms with Crippen LogP contribution in [-0.4, -0.2) is 29.8 Å². The molecule has 5 heteroatoms. The van der Waals surface area contributed by atoms with E-state index in [9.17, 15) is 0 Å². The number of halogens is 1. The first-order chi connectivity index (χ1) is 9.76. The molecule has 0 bridgehead atoms. The molecule has 108 valence electrons. The van der Waals surface area contributed by atoms with Crippen LogP contribution >= 0.6 is 11.6 Å². The average Bonchev–Trinajstić information content (AvgIpc) is 2.92. The highest BCUT2D eigenvalue weighted by Crippen LogP contribution is 2.23. The van der Waals surface area contributed by atoms with Crippen molar-refractivity contribution in [1.82, 2.24) is 14.9 Å². The highest BCUT2D eigenvalue weighted by atomic mass is 35.5. The summed E-state index contributed by atoms with van der Waals surface area (Å²) in [5.41, 5.74) is 2.13. The van der Waals surface area contributed by atoms with E-state index in [1.807, 2.05) is 22.9 Å². The number of aryl methyl sites for hydroxylation is 1. The minimum absolute atomic E-state index is 0.709. The standard InChI is InChI=1S/C15H20ClN3O/c1-3-15-18-6-8-19(15)14-5-4-12(10-13(14)16)11-17-7-9-20-2/h4-6,8,10,17H,3,7,9,11H2,1-2H3. The third-order valence-electron chi connectivity index (χ3n) is 3.12. The zero-order valence-corrected chi connectivity index (χ0v) is 12.7. The first kappa shape index (κ1) is 15.0. The molecule has 1 heterocycles. The number of methoxy groups -OCH3 is 1. The molecule has 0 saturated carbocycles. The van der Waals surface area contributed by atoms with Gasteiger partial charge in [-0.05, 0) is 17.7 Å². The van der Waals surface area contributed by atoms with Crippen LogP contribution in [0.15, 0.2) is 30.6 Å². The maximum absolute atomic E-state index is 6.39. The molecular formula is C15H20ClN3O. The van der Waals surface area contributed by atoms with Crippen molar-refractivity contribution in [1.29, 1.82) is 0 Å². The number of rotatable bonds is 7. The maximum atomic E-state index is 6.39. The van der Waals surface area contributed by atoms with E-state index in [2.05, 4.69) is 23.3 Å². The highest BCUT2D eigenvalue weighted by Gasteiger charge is 2.07. The van der Waals surface area contributed by atoms with Gasteiger partial charge in [-0.3, -0.25) is 0 Å². The van der Waals surface area contributed by atoms with Crippen LogP contribution in [0.1, 0.15) is 18.3 Å². The van der Waals surface area contributed by atoms with E-state index < -0.39 is 0 Å². The van der Waals surface area contributed by atoms with E-state index in [-0.39, 0.29) is 0 Å². The van der Waals surface area contributed by atoms with Crippen LogP contribution in [0.2, 0.25) is 5.02 Å². The number of hydrogen-bond acceptors (Lipinski definition) is 3. The fraction of sp³-hybridized carbons (Fsp3) is 0.400. The number of hydrogen-bond donors (Lipinski definition) is 1. The van der Waals surface area contributed by atoms with Gasteiger partial charge >= 0.3 is 0 Å². The van der Waals surface area contributed by atoms with Crippen LogP contribution < -0.4 is 5.32 Å².